The Bertz CT molecular complexity index is 1080. The Balaban J connectivity index is 1.55. The zero-order valence-electron chi connectivity index (χ0n) is 16.9. The largest absolute Gasteiger partial charge is 0.383 e. The predicted molar refractivity (Wildman–Crippen MR) is 108 cm³/mol. The molecule has 1 amide bonds. The van der Waals surface area contributed by atoms with Crippen LogP contribution in [0.15, 0.2) is 28.9 Å². The highest BCUT2D eigenvalue weighted by molar-refractivity contribution is 5.81. The number of likely N-dealkylation sites (N-methyl/N-ethyl adjacent to an activating group) is 1. The molecule has 0 saturated carbocycles. The number of nitrogens with one attached hydrogen (secondary N) is 1. The summed E-state index contributed by atoms with van der Waals surface area (Å²) in [5.41, 5.74) is 9.33. The zero-order chi connectivity index (χ0) is 20.8. The van der Waals surface area contributed by atoms with E-state index in [1.807, 2.05) is 39.0 Å². The maximum Gasteiger partial charge on any atom is 0.263 e. The molecule has 1 aliphatic heterocycles. The lowest BCUT2D eigenvalue weighted by Crippen LogP contribution is -2.32. The summed E-state index contributed by atoms with van der Waals surface area (Å²) >= 11 is 0. The summed E-state index contributed by atoms with van der Waals surface area (Å²) in [5.74, 6) is 1.62. The molecular weight excluding hydrogens is 370 g/mol. The fourth-order valence-corrected chi connectivity index (χ4v) is 3.05. The molecule has 0 spiro atoms. The average Bonchev–Trinajstić information content (AvgIpc) is 3.13. The van der Waals surface area contributed by atoms with Gasteiger partial charge in [0.05, 0.1) is 6.42 Å². The molecular formula is C20H23N7O2. The second-order valence-corrected chi connectivity index (χ2v) is 8.20. The molecule has 0 radical (unpaired) electrons. The van der Waals surface area contributed by atoms with Crippen molar-refractivity contribution in [1.29, 1.82) is 0 Å². The van der Waals surface area contributed by atoms with Gasteiger partial charge in [0.2, 0.25) is 11.9 Å². The summed E-state index contributed by atoms with van der Waals surface area (Å²) in [6, 6.07) is 5.85. The molecule has 3 N–H and O–H groups in total. The first-order valence-electron chi connectivity index (χ1n) is 9.30. The van der Waals surface area contributed by atoms with Gasteiger partial charge in [0.15, 0.2) is 5.82 Å². The van der Waals surface area contributed by atoms with Crippen molar-refractivity contribution in [2.45, 2.75) is 39.2 Å². The van der Waals surface area contributed by atoms with Gasteiger partial charge in [-0.2, -0.15) is 9.97 Å². The maximum absolute atomic E-state index is 11.8. The number of anilines is 3. The summed E-state index contributed by atoms with van der Waals surface area (Å²) in [7, 11) is 1.80. The monoisotopic (exact) mass is 393 g/mol. The van der Waals surface area contributed by atoms with Crippen LogP contribution in [0, 0.1) is 0 Å². The number of hydrogen-bond donors (Lipinski definition) is 2. The van der Waals surface area contributed by atoms with E-state index in [1.54, 1.807) is 18.1 Å². The van der Waals surface area contributed by atoms with Crippen molar-refractivity contribution >= 4 is 23.4 Å². The van der Waals surface area contributed by atoms with Gasteiger partial charge in [-0.3, -0.25) is 4.79 Å². The predicted octanol–water partition coefficient (Wildman–Crippen LogP) is 2.66. The molecule has 2 aromatic heterocycles. The number of nitrogens with two attached hydrogens (primary N) is 1. The highest BCUT2D eigenvalue weighted by atomic mass is 16.5. The standard InChI is InChI=1S/C20H23N7O2/c1-20(2,3)18-25-17(29-26-18)14-9-22-19(24-16(14)21)23-13-6-5-11-8-15(28)27(4)10-12(11)7-13/h5-7,9H,8,10H2,1-4H3,(H3,21,22,23,24). The van der Waals surface area contributed by atoms with Crippen LogP contribution in [0.5, 0.6) is 0 Å². The smallest absolute Gasteiger partial charge is 0.263 e. The van der Waals surface area contributed by atoms with Gasteiger partial charge in [0.25, 0.3) is 5.89 Å². The molecule has 9 nitrogen and oxygen atoms in total. The quantitative estimate of drug-likeness (QED) is 0.696. The van der Waals surface area contributed by atoms with Gasteiger partial charge < -0.3 is 20.5 Å². The number of nitrogens with zero attached hydrogens (tertiary/aromatic N) is 5. The molecule has 0 aliphatic carbocycles. The third-order valence-corrected chi connectivity index (χ3v) is 4.78. The molecule has 1 aromatic carbocycles. The van der Waals surface area contributed by atoms with Crippen LogP contribution in [0.2, 0.25) is 0 Å². The van der Waals surface area contributed by atoms with Crippen LogP contribution in [0.4, 0.5) is 17.5 Å². The number of carbonyl (C=O) groups excluding carboxylic acids is 1. The van der Waals surface area contributed by atoms with Crippen molar-refractivity contribution in [3.8, 4) is 11.5 Å². The molecule has 3 aromatic rings. The van der Waals surface area contributed by atoms with Gasteiger partial charge in [0, 0.05) is 30.9 Å². The van der Waals surface area contributed by atoms with Crippen molar-refractivity contribution in [3.05, 3.63) is 41.3 Å². The fourth-order valence-electron chi connectivity index (χ4n) is 3.05. The minimum absolute atomic E-state index is 0.126. The normalized spacial score (nSPS) is 14.1. The second kappa shape index (κ2) is 6.84. The molecule has 4 rings (SSSR count). The summed E-state index contributed by atoms with van der Waals surface area (Å²) in [4.78, 5) is 26.6. The Kier molecular flexibility index (Phi) is 4.45. The first kappa shape index (κ1) is 18.9. The number of rotatable bonds is 3. The Labute approximate surface area is 168 Å². The van der Waals surface area contributed by atoms with Crippen LogP contribution in [0.1, 0.15) is 37.7 Å². The number of hydrogen-bond acceptors (Lipinski definition) is 8. The van der Waals surface area contributed by atoms with E-state index in [4.69, 9.17) is 10.3 Å². The van der Waals surface area contributed by atoms with Crippen molar-refractivity contribution in [2.24, 2.45) is 0 Å². The molecule has 0 saturated heterocycles. The minimum Gasteiger partial charge on any atom is -0.383 e. The van der Waals surface area contributed by atoms with Gasteiger partial charge in [-0.05, 0) is 23.3 Å². The molecule has 0 bridgehead atoms. The Morgan fingerprint density at radius 1 is 1.21 bits per heavy atom. The van der Waals surface area contributed by atoms with E-state index >= 15 is 0 Å². The summed E-state index contributed by atoms with van der Waals surface area (Å²) in [6.07, 6.45) is 1.99. The Morgan fingerprint density at radius 2 is 2.00 bits per heavy atom. The minimum atomic E-state index is -0.232. The van der Waals surface area contributed by atoms with E-state index in [0.29, 0.717) is 36.2 Å². The number of benzene rings is 1. The van der Waals surface area contributed by atoms with Gasteiger partial charge in [-0.25, -0.2) is 4.98 Å². The highest BCUT2D eigenvalue weighted by Crippen LogP contribution is 2.28. The fraction of sp³-hybridized carbons (Fsp3) is 0.350. The lowest BCUT2D eigenvalue weighted by molar-refractivity contribution is -0.130. The molecule has 1 aliphatic rings. The van der Waals surface area contributed by atoms with Crippen LogP contribution in [-0.2, 0) is 23.2 Å². The van der Waals surface area contributed by atoms with E-state index in [2.05, 4.69) is 25.4 Å². The van der Waals surface area contributed by atoms with Crippen LogP contribution < -0.4 is 11.1 Å². The number of nitrogen functional groups attached to an aromatic ring is 1. The third kappa shape index (κ3) is 3.75. The van der Waals surface area contributed by atoms with Crippen molar-refractivity contribution in [3.63, 3.8) is 0 Å². The third-order valence-electron chi connectivity index (χ3n) is 4.78. The van der Waals surface area contributed by atoms with E-state index in [0.717, 1.165) is 16.8 Å². The van der Waals surface area contributed by atoms with Crippen molar-refractivity contribution in [2.75, 3.05) is 18.1 Å². The van der Waals surface area contributed by atoms with Crippen LogP contribution in [-0.4, -0.2) is 38.0 Å². The number of amides is 1. The van der Waals surface area contributed by atoms with E-state index in [1.165, 1.54) is 0 Å². The van der Waals surface area contributed by atoms with E-state index in [-0.39, 0.29) is 17.1 Å². The Morgan fingerprint density at radius 3 is 2.69 bits per heavy atom. The summed E-state index contributed by atoms with van der Waals surface area (Å²) < 4.78 is 5.32. The topological polar surface area (TPSA) is 123 Å². The molecule has 29 heavy (non-hydrogen) atoms. The van der Waals surface area contributed by atoms with Crippen LogP contribution in [0.25, 0.3) is 11.5 Å². The summed E-state index contributed by atoms with van der Waals surface area (Å²) in [6.45, 7) is 6.58. The molecule has 3 heterocycles. The van der Waals surface area contributed by atoms with Crippen molar-refractivity contribution in [1.82, 2.24) is 25.0 Å². The number of aromatic nitrogens is 4. The maximum atomic E-state index is 11.8. The van der Waals surface area contributed by atoms with Gasteiger partial charge in [-0.15, -0.1) is 0 Å². The molecule has 9 heteroatoms. The van der Waals surface area contributed by atoms with Crippen LogP contribution >= 0.6 is 0 Å². The second-order valence-electron chi connectivity index (χ2n) is 8.20. The summed E-state index contributed by atoms with van der Waals surface area (Å²) in [5, 5.41) is 7.16. The number of fused-ring (bicyclic) bond motifs is 1. The molecule has 150 valence electrons. The average molecular weight is 393 g/mol. The zero-order valence-corrected chi connectivity index (χ0v) is 16.9. The van der Waals surface area contributed by atoms with Gasteiger partial charge >= 0.3 is 0 Å². The molecule has 0 unspecified atom stereocenters. The van der Waals surface area contributed by atoms with E-state index < -0.39 is 0 Å². The van der Waals surface area contributed by atoms with Gasteiger partial charge in [0.1, 0.15) is 11.4 Å². The Hall–Kier alpha value is -3.49. The highest BCUT2D eigenvalue weighted by Gasteiger charge is 2.23. The lowest BCUT2D eigenvalue weighted by Gasteiger charge is -2.25. The van der Waals surface area contributed by atoms with Crippen LogP contribution in [0.3, 0.4) is 0 Å². The van der Waals surface area contributed by atoms with Gasteiger partial charge in [-0.1, -0.05) is 32.0 Å². The lowest BCUT2D eigenvalue weighted by atomic mass is 9.96. The first-order chi connectivity index (χ1) is 13.7. The van der Waals surface area contributed by atoms with E-state index in [9.17, 15) is 4.79 Å². The SMILES string of the molecule is CN1Cc2cc(Nc3ncc(-c4nc(C(C)(C)C)no4)c(N)n3)ccc2CC1=O. The first-order valence-corrected chi connectivity index (χ1v) is 9.30. The molecule has 0 atom stereocenters. The number of carbonyl (C=O) groups is 1. The molecule has 0 fully saturated rings. The van der Waals surface area contributed by atoms with Crippen molar-refractivity contribution < 1.29 is 9.32 Å².